The van der Waals surface area contributed by atoms with Crippen LogP contribution in [0.3, 0.4) is 0 Å². The van der Waals surface area contributed by atoms with Gasteiger partial charge in [0.15, 0.2) is 0 Å². The number of rotatable bonds is 6. The Bertz CT molecular complexity index is 965. The van der Waals surface area contributed by atoms with Gasteiger partial charge in [-0.3, -0.25) is 4.98 Å². The maximum atomic E-state index is 4.95. The molecule has 26 heavy (non-hydrogen) atoms. The number of nitrogens with one attached hydrogen (secondary N) is 1. The summed E-state index contributed by atoms with van der Waals surface area (Å²) in [4.78, 5) is 4.95. The Morgan fingerprint density at radius 2 is 1.38 bits per heavy atom. The van der Waals surface area contributed by atoms with Gasteiger partial charge in [-0.15, -0.1) is 0 Å². The summed E-state index contributed by atoms with van der Waals surface area (Å²) in [7, 11) is 0. The zero-order valence-corrected chi connectivity index (χ0v) is 14.7. The summed E-state index contributed by atoms with van der Waals surface area (Å²) in [6, 6.07) is 33.7. The van der Waals surface area contributed by atoms with Crippen LogP contribution >= 0.6 is 0 Å². The van der Waals surface area contributed by atoms with Crippen molar-refractivity contribution in [1.82, 2.24) is 4.98 Å². The molecule has 4 rings (SSSR count). The van der Waals surface area contributed by atoms with Gasteiger partial charge in [-0.05, 0) is 36.2 Å². The first kappa shape index (κ1) is 16.3. The van der Waals surface area contributed by atoms with Crippen molar-refractivity contribution in [2.75, 3.05) is 11.9 Å². The number of fused-ring (bicyclic) bond motifs is 1. The second kappa shape index (κ2) is 7.83. The predicted molar refractivity (Wildman–Crippen MR) is 110 cm³/mol. The van der Waals surface area contributed by atoms with Gasteiger partial charge in [0, 0.05) is 29.2 Å². The third-order valence-corrected chi connectivity index (χ3v) is 4.71. The zero-order chi connectivity index (χ0) is 17.6. The van der Waals surface area contributed by atoms with Crippen LogP contribution in [0.25, 0.3) is 10.9 Å². The molecule has 1 N–H and O–H groups in total. The highest BCUT2D eigenvalue weighted by Gasteiger charge is 2.15. The molecular weight excluding hydrogens is 316 g/mol. The van der Waals surface area contributed by atoms with E-state index >= 15 is 0 Å². The average Bonchev–Trinajstić information content (AvgIpc) is 2.72. The molecule has 2 heteroatoms. The second-order valence-electron chi connectivity index (χ2n) is 6.47. The zero-order valence-electron chi connectivity index (χ0n) is 14.7. The topological polar surface area (TPSA) is 24.9 Å². The highest BCUT2D eigenvalue weighted by atomic mass is 14.9. The minimum Gasteiger partial charge on any atom is -0.385 e. The summed E-state index contributed by atoms with van der Waals surface area (Å²) in [6.45, 7) is 0.901. The minimum absolute atomic E-state index is 0.275. The largest absolute Gasteiger partial charge is 0.385 e. The molecule has 128 valence electrons. The van der Waals surface area contributed by atoms with Crippen LogP contribution in [0.4, 0.5) is 5.69 Å². The summed E-state index contributed by atoms with van der Waals surface area (Å²) < 4.78 is 0. The standard InChI is InChI=1S/C24H22N2/c1-3-9-19(10-4-1)22(17-18-25-21-12-5-2-6-13-21)24-16-15-20-11-7-8-14-23(20)26-24/h1-16,22,25H,17-18H2/t22-/m1/s1. The van der Waals surface area contributed by atoms with Gasteiger partial charge in [0.2, 0.25) is 0 Å². The number of para-hydroxylation sites is 2. The first-order chi connectivity index (χ1) is 12.9. The Hall–Kier alpha value is -3.13. The fourth-order valence-corrected chi connectivity index (χ4v) is 3.36. The highest BCUT2D eigenvalue weighted by molar-refractivity contribution is 5.78. The van der Waals surface area contributed by atoms with E-state index in [2.05, 4.69) is 90.2 Å². The van der Waals surface area contributed by atoms with Gasteiger partial charge in [0.1, 0.15) is 0 Å². The number of anilines is 1. The van der Waals surface area contributed by atoms with Crippen molar-refractivity contribution in [1.29, 1.82) is 0 Å². The van der Waals surface area contributed by atoms with E-state index in [4.69, 9.17) is 4.98 Å². The van der Waals surface area contributed by atoms with Gasteiger partial charge in [0.25, 0.3) is 0 Å². The van der Waals surface area contributed by atoms with Gasteiger partial charge in [-0.25, -0.2) is 0 Å². The first-order valence-electron chi connectivity index (χ1n) is 9.10. The number of hydrogen-bond acceptors (Lipinski definition) is 2. The van der Waals surface area contributed by atoms with Crippen LogP contribution in [0.15, 0.2) is 97.1 Å². The third kappa shape index (κ3) is 3.75. The van der Waals surface area contributed by atoms with Crippen LogP contribution in [0, 0.1) is 0 Å². The van der Waals surface area contributed by atoms with E-state index in [0.717, 1.165) is 29.9 Å². The molecule has 0 unspecified atom stereocenters. The molecule has 3 aromatic carbocycles. The molecule has 1 aromatic heterocycles. The van der Waals surface area contributed by atoms with Gasteiger partial charge < -0.3 is 5.32 Å². The van der Waals surface area contributed by atoms with Gasteiger partial charge >= 0.3 is 0 Å². The van der Waals surface area contributed by atoms with Crippen molar-refractivity contribution in [3.63, 3.8) is 0 Å². The molecule has 1 heterocycles. The van der Waals surface area contributed by atoms with Crippen molar-refractivity contribution in [3.8, 4) is 0 Å². The minimum atomic E-state index is 0.275. The fourth-order valence-electron chi connectivity index (χ4n) is 3.36. The molecule has 0 spiro atoms. The molecule has 0 saturated carbocycles. The monoisotopic (exact) mass is 338 g/mol. The van der Waals surface area contributed by atoms with Crippen LogP contribution in [0.2, 0.25) is 0 Å². The predicted octanol–water partition coefficient (Wildman–Crippen LogP) is 5.87. The fraction of sp³-hybridized carbons (Fsp3) is 0.125. The molecule has 0 aliphatic carbocycles. The molecule has 0 saturated heterocycles. The molecule has 0 aliphatic rings. The van der Waals surface area contributed by atoms with Crippen molar-refractivity contribution in [2.45, 2.75) is 12.3 Å². The van der Waals surface area contributed by atoms with Crippen molar-refractivity contribution in [3.05, 3.63) is 108 Å². The Morgan fingerprint density at radius 3 is 2.19 bits per heavy atom. The summed E-state index contributed by atoms with van der Waals surface area (Å²) in [5, 5.41) is 4.71. The Morgan fingerprint density at radius 1 is 0.692 bits per heavy atom. The van der Waals surface area contributed by atoms with E-state index in [1.165, 1.54) is 10.9 Å². The van der Waals surface area contributed by atoms with Gasteiger partial charge in [0.05, 0.1) is 5.52 Å². The summed E-state index contributed by atoms with van der Waals surface area (Å²) in [6.07, 6.45) is 0.990. The van der Waals surface area contributed by atoms with Crippen LogP contribution in [0.1, 0.15) is 23.6 Å². The van der Waals surface area contributed by atoms with Crippen LogP contribution in [0.5, 0.6) is 0 Å². The Balaban J connectivity index is 1.59. The van der Waals surface area contributed by atoms with E-state index in [0.29, 0.717) is 0 Å². The molecular formula is C24H22N2. The number of nitrogens with zero attached hydrogens (tertiary/aromatic N) is 1. The highest BCUT2D eigenvalue weighted by Crippen LogP contribution is 2.28. The van der Waals surface area contributed by atoms with Crippen molar-refractivity contribution in [2.24, 2.45) is 0 Å². The normalized spacial score (nSPS) is 12.0. The molecule has 0 amide bonds. The molecule has 0 bridgehead atoms. The molecule has 2 nitrogen and oxygen atoms in total. The Kier molecular flexibility index (Phi) is 4.92. The van der Waals surface area contributed by atoms with E-state index < -0.39 is 0 Å². The maximum absolute atomic E-state index is 4.95. The molecule has 0 aliphatic heterocycles. The van der Waals surface area contributed by atoms with Crippen LogP contribution < -0.4 is 5.32 Å². The van der Waals surface area contributed by atoms with E-state index in [1.54, 1.807) is 0 Å². The lowest BCUT2D eigenvalue weighted by molar-refractivity contribution is 0.725. The van der Waals surface area contributed by atoms with Crippen molar-refractivity contribution >= 4 is 16.6 Å². The molecule has 1 atom stereocenters. The number of hydrogen-bond donors (Lipinski definition) is 1. The lowest BCUT2D eigenvalue weighted by Gasteiger charge is -2.18. The first-order valence-corrected chi connectivity index (χ1v) is 9.10. The lowest BCUT2D eigenvalue weighted by atomic mass is 9.91. The van der Waals surface area contributed by atoms with Gasteiger partial charge in [-0.1, -0.05) is 72.8 Å². The number of aromatic nitrogens is 1. The second-order valence-corrected chi connectivity index (χ2v) is 6.47. The quantitative estimate of drug-likeness (QED) is 0.475. The van der Waals surface area contributed by atoms with Crippen LogP contribution in [-0.4, -0.2) is 11.5 Å². The smallest absolute Gasteiger partial charge is 0.0705 e. The summed E-state index contributed by atoms with van der Waals surface area (Å²) in [5.74, 6) is 0.275. The molecule has 4 aromatic rings. The molecule has 0 radical (unpaired) electrons. The lowest BCUT2D eigenvalue weighted by Crippen LogP contribution is -2.10. The van der Waals surface area contributed by atoms with Crippen molar-refractivity contribution < 1.29 is 0 Å². The summed E-state index contributed by atoms with van der Waals surface area (Å²) in [5.41, 5.74) is 4.66. The Labute approximate surface area is 154 Å². The third-order valence-electron chi connectivity index (χ3n) is 4.71. The van der Waals surface area contributed by atoms with Gasteiger partial charge in [-0.2, -0.15) is 0 Å². The van der Waals surface area contributed by atoms with E-state index in [-0.39, 0.29) is 5.92 Å². The number of benzene rings is 3. The average molecular weight is 338 g/mol. The molecule has 0 fully saturated rings. The summed E-state index contributed by atoms with van der Waals surface area (Å²) >= 11 is 0. The number of pyridine rings is 1. The van der Waals surface area contributed by atoms with E-state index in [9.17, 15) is 0 Å². The van der Waals surface area contributed by atoms with E-state index in [1.807, 2.05) is 12.1 Å². The van der Waals surface area contributed by atoms with Crippen LogP contribution in [-0.2, 0) is 0 Å². The SMILES string of the molecule is c1ccc(NCC[C@H](c2ccccc2)c2ccc3ccccc3n2)cc1. The maximum Gasteiger partial charge on any atom is 0.0705 e.